The third-order valence-electron chi connectivity index (χ3n) is 2.63. The first-order valence-corrected chi connectivity index (χ1v) is 5.35. The van der Waals surface area contributed by atoms with E-state index in [2.05, 4.69) is 0 Å². The van der Waals surface area contributed by atoms with Crippen molar-refractivity contribution in [1.29, 1.82) is 0 Å². The van der Waals surface area contributed by atoms with Gasteiger partial charge in [-0.25, -0.2) is 4.39 Å². The first-order chi connectivity index (χ1) is 7.59. The van der Waals surface area contributed by atoms with Gasteiger partial charge in [-0.2, -0.15) is 0 Å². The maximum atomic E-state index is 13.4. The van der Waals surface area contributed by atoms with Gasteiger partial charge in [-0.3, -0.25) is 0 Å². The molecule has 0 saturated heterocycles. The highest BCUT2D eigenvalue weighted by Crippen LogP contribution is 2.38. The van der Waals surface area contributed by atoms with Crippen molar-refractivity contribution in [2.75, 3.05) is 13.2 Å². The maximum absolute atomic E-state index is 13.4. The smallest absolute Gasteiger partial charge is 0.161 e. The Morgan fingerprint density at radius 2 is 1.62 bits per heavy atom. The molecule has 1 aromatic carbocycles. The van der Waals surface area contributed by atoms with Crippen LogP contribution in [0.5, 0.6) is 11.5 Å². The summed E-state index contributed by atoms with van der Waals surface area (Å²) in [4.78, 5) is 0. The monoisotopic (exact) mass is 226 g/mol. The van der Waals surface area contributed by atoms with E-state index in [4.69, 9.17) is 9.47 Å². The lowest BCUT2D eigenvalue weighted by Gasteiger charge is -2.22. The van der Waals surface area contributed by atoms with Gasteiger partial charge in [0.15, 0.2) is 11.5 Å². The van der Waals surface area contributed by atoms with Crippen LogP contribution in [0.2, 0.25) is 0 Å². The average molecular weight is 226 g/mol. The Morgan fingerprint density at radius 1 is 1.12 bits per heavy atom. The maximum Gasteiger partial charge on any atom is 0.161 e. The van der Waals surface area contributed by atoms with E-state index in [9.17, 15) is 9.50 Å². The molecule has 2 atom stereocenters. The summed E-state index contributed by atoms with van der Waals surface area (Å²) in [6.07, 6.45) is -1.86. The molecule has 1 aromatic rings. The average Bonchev–Trinajstić information content (AvgIpc) is 2.27. The van der Waals surface area contributed by atoms with Crippen molar-refractivity contribution in [1.82, 2.24) is 0 Å². The predicted molar refractivity (Wildman–Crippen MR) is 57.6 cm³/mol. The van der Waals surface area contributed by atoms with Crippen LogP contribution >= 0.6 is 0 Å². The van der Waals surface area contributed by atoms with Crippen LogP contribution in [0.15, 0.2) is 12.1 Å². The zero-order valence-electron chi connectivity index (χ0n) is 9.37. The molecular formula is C12H15FO3. The Balaban J connectivity index is 2.50. The van der Waals surface area contributed by atoms with Crippen LogP contribution in [0.25, 0.3) is 0 Å². The number of aliphatic hydroxyl groups is 1. The summed E-state index contributed by atoms with van der Waals surface area (Å²) in [6, 6.07) is 3.27. The fraction of sp³-hybridized carbons (Fsp3) is 0.500. The van der Waals surface area contributed by atoms with E-state index >= 15 is 0 Å². The molecule has 0 aromatic heterocycles. The highest BCUT2D eigenvalue weighted by Gasteiger charge is 2.20. The van der Waals surface area contributed by atoms with E-state index in [1.165, 1.54) is 6.92 Å². The van der Waals surface area contributed by atoms with Crippen molar-refractivity contribution in [2.24, 2.45) is 0 Å². The molecule has 0 amide bonds. The Kier molecular flexibility index (Phi) is 3.01. The van der Waals surface area contributed by atoms with Crippen LogP contribution in [-0.2, 0) is 0 Å². The summed E-state index contributed by atoms with van der Waals surface area (Å²) in [5, 5.41) is 9.59. The molecule has 4 heteroatoms. The molecule has 1 heterocycles. The molecular weight excluding hydrogens is 211 g/mol. The standard InChI is InChI=1S/C12H15FO3/c1-7(13)9-5-11-12(16-4-3-15-11)6-10(9)8(2)14/h5-8,14H,3-4H2,1-2H3. The van der Waals surface area contributed by atoms with Gasteiger partial charge >= 0.3 is 0 Å². The minimum atomic E-state index is -1.14. The molecule has 88 valence electrons. The second-order valence-corrected chi connectivity index (χ2v) is 3.92. The van der Waals surface area contributed by atoms with Gasteiger partial charge in [-0.1, -0.05) is 0 Å². The van der Waals surface area contributed by atoms with Crippen LogP contribution in [-0.4, -0.2) is 18.3 Å². The van der Waals surface area contributed by atoms with E-state index in [1.54, 1.807) is 19.1 Å². The van der Waals surface area contributed by atoms with E-state index in [1.807, 2.05) is 0 Å². The molecule has 0 bridgehead atoms. The Labute approximate surface area is 93.8 Å². The van der Waals surface area contributed by atoms with Crippen molar-refractivity contribution >= 4 is 0 Å². The first kappa shape index (κ1) is 11.2. The molecule has 0 saturated carbocycles. The lowest BCUT2D eigenvalue weighted by atomic mass is 9.99. The number of benzene rings is 1. The largest absolute Gasteiger partial charge is 0.486 e. The minimum Gasteiger partial charge on any atom is -0.486 e. The number of hydrogen-bond donors (Lipinski definition) is 1. The van der Waals surface area contributed by atoms with Crippen molar-refractivity contribution in [3.63, 3.8) is 0 Å². The summed E-state index contributed by atoms with van der Waals surface area (Å²) in [5.74, 6) is 1.13. The third-order valence-corrected chi connectivity index (χ3v) is 2.63. The number of alkyl halides is 1. The first-order valence-electron chi connectivity index (χ1n) is 5.35. The summed E-state index contributed by atoms with van der Waals surface area (Å²) >= 11 is 0. The van der Waals surface area contributed by atoms with Crippen molar-refractivity contribution in [3.05, 3.63) is 23.3 Å². The Morgan fingerprint density at radius 3 is 2.06 bits per heavy atom. The topological polar surface area (TPSA) is 38.7 Å². The number of aliphatic hydroxyl groups excluding tert-OH is 1. The van der Waals surface area contributed by atoms with Crippen molar-refractivity contribution in [3.8, 4) is 11.5 Å². The predicted octanol–water partition coefficient (Wildman–Crippen LogP) is 2.54. The van der Waals surface area contributed by atoms with Gasteiger partial charge in [-0.05, 0) is 37.1 Å². The van der Waals surface area contributed by atoms with E-state index in [0.717, 1.165) is 0 Å². The molecule has 0 spiro atoms. The number of ether oxygens (including phenoxy) is 2. The van der Waals surface area contributed by atoms with Crippen molar-refractivity contribution < 1.29 is 19.0 Å². The Bertz CT molecular complexity index is 351. The fourth-order valence-electron chi connectivity index (χ4n) is 1.83. The van der Waals surface area contributed by atoms with E-state index < -0.39 is 12.3 Å². The van der Waals surface area contributed by atoms with Gasteiger partial charge in [0.1, 0.15) is 19.4 Å². The molecule has 1 aliphatic heterocycles. The van der Waals surface area contributed by atoms with Gasteiger partial charge < -0.3 is 14.6 Å². The third kappa shape index (κ3) is 1.97. The highest BCUT2D eigenvalue weighted by molar-refractivity contribution is 5.49. The van der Waals surface area contributed by atoms with Gasteiger partial charge in [-0.15, -0.1) is 0 Å². The second-order valence-electron chi connectivity index (χ2n) is 3.92. The number of fused-ring (bicyclic) bond motifs is 1. The zero-order valence-corrected chi connectivity index (χ0v) is 9.37. The number of rotatable bonds is 2. The van der Waals surface area contributed by atoms with Crippen LogP contribution in [0.4, 0.5) is 4.39 Å². The van der Waals surface area contributed by atoms with E-state index in [0.29, 0.717) is 35.8 Å². The quantitative estimate of drug-likeness (QED) is 0.842. The molecule has 0 fully saturated rings. The molecule has 2 rings (SSSR count). The fourth-order valence-corrected chi connectivity index (χ4v) is 1.83. The van der Waals surface area contributed by atoms with Gasteiger partial charge in [0, 0.05) is 0 Å². The summed E-state index contributed by atoms with van der Waals surface area (Å²) in [6.45, 7) is 4.01. The summed E-state index contributed by atoms with van der Waals surface area (Å²) in [7, 11) is 0. The summed E-state index contributed by atoms with van der Waals surface area (Å²) in [5.41, 5.74) is 1.01. The normalized spacial score (nSPS) is 18.0. The molecule has 16 heavy (non-hydrogen) atoms. The van der Waals surface area contributed by atoms with Crippen molar-refractivity contribution in [2.45, 2.75) is 26.1 Å². The Hall–Kier alpha value is -1.29. The molecule has 1 N–H and O–H groups in total. The SMILES string of the molecule is CC(O)c1cc2c(cc1C(C)F)OCCO2. The van der Waals surface area contributed by atoms with Crippen LogP contribution in [0, 0.1) is 0 Å². The number of hydrogen-bond acceptors (Lipinski definition) is 3. The molecule has 3 nitrogen and oxygen atoms in total. The number of halogens is 1. The van der Waals surface area contributed by atoms with Gasteiger partial charge in [0.25, 0.3) is 0 Å². The molecule has 1 aliphatic rings. The van der Waals surface area contributed by atoms with Crippen LogP contribution in [0.3, 0.4) is 0 Å². The minimum absolute atomic E-state index is 0.458. The van der Waals surface area contributed by atoms with Crippen LogP contribution in [0.1, 0.15) is 37.3 Å². The zero-order chi connectivity index (χ0) is 11.7. The molecule has 2 unspecified atom stereocenters. The van der Waals surface area contributed by atoms with Gasteiger partial charge in [0.05, 0.1) is 6.10 Å². The molecule has 0 aliphatic carbocycles. The lowest BCUT2D eigenvalue weighted by molar-refractivity contribution is 0.166. The second kappa shape index (κ2) is 4.29. The highest BCUT2D eigenvalue weighted by atomic mass is 19.1. The lowest BCUT2D eigenvalue weighted by Crippen LogP contribution is -2.16. The van der Waals surface area contributed by atoms with Gasteiger partial charge in [0.2, 0.25) is 0 Å². The molecule has 0 radical (unpaired) electrons. The van der Waals surface area contributed by atoms with E-state index in [-0.39, 0.29) is 0 Å². The van der Waals surface area contributed by atoms with Crippen LogP contribution < -0.4 is 9.47 Å². The summed E-state index contributed by atoms with van der Waals surface area (Å²) < 4.78 is 24.2.